The van der Waals surface area contributed by atoms with E-state index in [1.165, 1.54) is 0 Å². The summed E-state index contributed by atoms with van der Waals surface area (Å²) in [5, 5.41) is 2.96. The summed E-state index contributed by atoms with van der Waals surface area (Å²) >= 11 is 0. The largest absolute Gasteiger partial charge is 0.299 e. The lowest BCUT2D eigenvalue weighted by molar-refractivity contribution is -0.158. The van der Waals surface area contributed by atoms with Crippen LogP contribution in [-0.2, 0) is 14.4 Å². The minimum atomic E-state index is -1.09. The molecule has 0 saturated heterocycles. The van der Waals surface area contributed by atoms with Crippen LogP contribution in [0.15, 0.2) is 0 Å². The van der Waals surface area contributed by atoms with Gasteiger partial charge < -0.3 is 0 Å². The van der Waals surface area contributed by atoms with Gasteiger partial charge in [-0.1, -0.05) is 0 Å². The van der Waals surface area contributed by atoms with Crippen molar-refractivity contribution in [2.45, 2.75) is 53.6 Å². The first-order valence-corrected chi connectivity index (χ1v) is 5.92. The van der Waals surface area contributed by atoms with Crippen molar-refractivity contribution in [2.24, 2.45) is 10.8 Å². The van der Waals surface area contributed by atoms with E-state index in [9.17, 15) is 14.4 Å². The van der Waals surface area contributed by atoms with Crippen molar-refractivity contribution in [3.05, 3.63) is 0 Å². The SMILES string of the molecule is CC(C)NC1C(=O)C(C)(C)C(=O)C(C)(C)C1=O. The predicted octanol–water partition coefficient (Wildman–Crippen LogP) is 1.13. The number of nitrogens with one attached hydrogen (secondary N) is 1. The fourth-order valence-corrected chi connectivity index (χ4v) is 2.33. The molecular weight excluding hydrogens is 218 g/mol. The first-order chi connectivity index (χ1) is 7.52. The Morgan fingerprint density at radius 3 is 1.59 bits per heavy atom. The van der Waals surface area contributed by atoms with E-state index in [4.69, 9.17) is 0 Å². The summed E-state index contributed by atoms with van der Waals surface area (Å²) in [5.41, 5.74) is -2.19. The number of carbonyl (C=O) groups is 3. The maximum Gasteiger partial charge on any atom is 0.170 e. The number of carbonyl (C=O) groups excluding carboxylic acids is 3. The normalized spacial score (nSPS) is 24.5. The molecule has 0 radical (unpaired) electrons. The maximum absolute atomic E-state index is 12.2. The Labute approximate surface area is 102 Å². The van der Waals surface area contributed by atoms with Gasteiger partial charge in [0.15, 0.2) is 17.3 Å². The Hall–Kier alpha value is -1.03. The summed E-state index contributed by atoms with van der Waals surface area (Å²) in [6.45, 7) is 10.1. The highest BCUT2D eigenvalue weighted by molar-refractivity contribution is 6.30. The molecule has 1 fully saturated rings. The Balaban J connectivity index is 3.21. The zero-order chi connectivity index (χ0) is 13.6. The van der Waals surface area contributed by atoms with Crippen molar-refractivity contribution in [1.29, 1.82) is 0 Å². The van der Waals surface area contributed by atoms with Crippen molar-refractivity contribution in [3.63, 3.8) is 0 Å². The van der Waals surface area contributed by atoms with Crippen LogP contribution in [0.2, 0.25) is 0 Å². The highest BCUT2D eigenvalue weighted by atomic mass is 16.2. The highest BCUT2D eigenvalue weighted by Gasteiger charge is 2.57. The molecule has 0 aliphatic heterocycles. The monoisotopic (exact) mass is 239 g/mol. The molecule has 0 aromatic carbocycles. The van der Waals surface area contributed by atoms with Gasteiger partial charge in [-0.15, -0.1) is 0 Å². The van der Waals surface area contributed by atoms with Crippen LogP contribution < -0.4 is 5.32 Å². The topological polar surface area (TPSA) is 63.2 Å². The molecule has 4 heteroatoms. The second kappa shape index (κ2) is 4.02. The van der Waals surface area contributed by atoms with E-state index in [1.54, 1.807) is 27.7 Å². The quantitative estimate of drug-likeness (QED) is 0.734. The molecule has 96 valence electrons. The molecular formula is C13H21NO3. The molecule has 1 rings (SSSR count). The highest BCUT2D eigenvalue weighted by Crippen LogP contribution is 2.38. The second-order valence-corrected chi connectivity index (χ2v) is 6.06. The van der Waals surface area contributed by atoms with Crippen molar-refractivity contribution in [2.75, 3.05) is 0 Å². The summed E-state index contributed by atoms with van der Waals surface area (Å²) in [6, 6.07) is -0.842. The molecule has 4 nitrogen and oxygen atoms in total. The van der Waals surface area contributed by atoms with Gasteiger partial charge in [0.25, 0.3) is 0 Å². The lowest BCUT2D eigenvalue weighted by atomic mass is 9.61. The van der Waals surface area contributed by atoms with Gasteiger partial charge in [0.05, 0.1) is 10.8 Å². The van der Waals surface area contributed by atoms with Crippen LogP contribution in [0.25, 0.3) is 0 Å². The van der Waals surface area contributed by atoms with Crippen molar-refractivity contribution >= 4 is 17.3 Å². The first-order valence-electron chi connectivity index (χ1n) is 5.92. The molecule has 0 bridgehead atoms. The van der Waals surface area contributed by atoms with Crippen LogP contribution in [-0.4, -0.2) is 29.4 Å². The number of hydrogen-bond donors (Lipinski definition) is 1. The average Bonchev–Trinajstić information content (AvgIpc) is 2.20. The lowest BCUT2D eigenvalue weighted by Crippen LogP contribution is -2.64. The first kappa shape index (κ1) is 14.0. The van der Waals surface area contributed by atoms with E-state index in [0.29, 0.717) is 0 Å². The van der Waals surface area contributed by atoms with E-state index in [0.717, 1.165) is 0 Å². The molecule has 1 aliphatic rings. The van der Waals surface area contributed by atoms with Gasteiger partial charge in [0, 0.05) is 6.04 Å². The Bertz CT molecular complexity index is 350. The third kappa shape index (κ3) is 2.06. The van der Waals surface area contributed by atoms with Crippen molar-refractivity contribution < 1.29 is 14.4 Å². The van der Waals surface area contributed by atoms with Crippen molar-refractivity contribution in [3.8, 4) is 0 Å². The van der Waals surface area contributed by atoms with E-state index < -0.39 is 16.9 Å². The van der Waals surface area contributed by atoms with Crippen LogP contribution in [0, 0.1) is 10.8 Å². The average molecular weight is 239 g/mol. The van der Waals surface area contributed by atoms with Gasteiger partial charge in [0.1, 0.15) is 6.04 Å². The van der Waals surface area contributed by atoms with Gasteiger partial charge >= 0.3 is 0 Å². The van der Waals surface area contributed by atoms with Crippen LogP contribution in [0.4, 0.5) is 0 Å². The van der Waals surface area contributed by atoms with Gasteiger partial charge in [-0.2, -0.15) is 0 Å². The van der Waals surface area contributed by atoms with Crippen LogP contribution >= 0.6 is 0 Å². The molecule has 0 amide bonds. The maximum atomic E-state index is 12.2. The molecule has 1 saturated carbocycles. The zero-order valence-electron chi connectivity index (χ0n) is 11.4. The summed E-state index contributed by atoms with van der Waals surface area (Å²) in [7, 11) is 0. The predicted molar refractivity (Wildman–Crippen MR) is 64.6 cm³/mol. The summed E-state index contributed by atoms with van der Waals surface area (Å²) in [5.74, 6) is -0.928. The third-order valence-electron chi connectivity index (χ3n) is 3.39. The smallest absolute Gasteiger partial charge is 0.170 e. The second-order valence-electron chi connectivity index (χ2n) is 6.06. The molecule has 0 aromatic rings. The minimum Gasteiger partial charge on any atom is -0.299 e. The summed E-state index contributed by atoms with van der Waals surface area (Å²) < 4.78 is 0. The lowest BCUT2D eigenvalue weighted by Gasteiger charge is -2.41. The van der Waals surface area contributed by atoms with Gasteiger partial charge in [0.2, 0.25) is 0 Å². The molecule has 0 spiro atoms. The van der Waals surface area contributed by atoms with Crippen molar-refractivity contribution in [1.82, 2.24) is 5.32 Å². The molecule has 1 N–H and O–H groups in total. The van der Waals surface area contributed by atoms with Crippen LogP contribution in [0.3, 0.4) is 0 Å². The van der Waals surface area contributed by atoms with Crippen LogP contribution in [0.1, 0.15) is 41.5 Å². The molecule has 0 atom stereocenters. The summed E-state index contributed by atoms with van der Waals surface area (Å²) in [4.78, 5) is 36.5. The molecule has 0 aromatic heterocycles. The van der Waals surface area contributed by atoms with E-state index in [2.05, 4.69) is 5.32 Å². The standard InChI is InChI=1S/C13H21NO3/c1-7(2)14-8-9(15)12(3,4)11(17)13(5,6)10(8)16/h7-8,14H,1-6H3. The molecule has 17 heavy (non-hydrogen) atoms. The number of rotatable bonds is 2. The van der Waals surface area contributed by atoms with Crippen LogP contribution in [0.5, 0.6) is 0 Å². The zero-order valence-corrected chi connectivity index (χ0v) is 11.4. The molecule has 0 unspecified atom stereocenters. The van der Waals surface area contributed by atoms with E-state index >= 15 is 0 Å². The van der Waals surface area contributed by atoms with Gasteiger partial charge in [-0.3, -0.25) is 19.7 Å². The Morgan fingerprint density at radius 2 is 1.29 bits per heavy atom. The fourth-order valence-electron chi connectivity index (χ4n) is 2.33. The van der Waals surface area contributed by atoms with E-state index in [1.807, 2.05) is 13.8 Å². The van der Waals surface area contributed by atoms with E-state index in [-0.39, 0.29) is 23.4 Å². The number of hydrogen-bond acceptors (Lipinski definition) is 4. The van der Waals surface area contributed by atoms with Gasteiger partial charge in [-0.05, 0) is 41.5 Å². The number of Topliss-reactive ketones (excluding diaryl/α,β-unsaturated/α-hetero) is 3. The molecule has 1 aliphatic carbocycles. The Morgan fingerprint density at radius 1 is 0.941 bits per heavy atom. The molecule has 0 heterocycles. The minimum absolute atomic E-state index is 0.0210. The third-order valence-corrected chi connectivity index (χ3v) is 3.39. The Kier molecular flexibility index (Phi) is 3.32. The fraction of sp³-hybridized carbons (Fsp3) is 0.769. The van der Waals surface area contributed by atoms with Gasteiger partial charge in [-0.25, -0.2) is 0 Å². The number of ketones is 3. The summed E-state index contributed by atoms with van der Waals surface area (Å²) in [6.07, 6.45) is 0.